The van der Waals surface area contributed by atoms with E-state index in [2.05, 4.69) is 0 Å². The molecule has 1 aromatic rings. The summed E-state index contributed by atoms with van der Waals surface area (Å²) in [7, 11) is 0. The molecule has 0 saturated carbocycles. The van der Waals surface area contributed by atoms with E-state index in [0.29, 0.717) is 13.1 Å². The van der Waals surface area contributed by atoms with Crippen molar-refractivity contribution in [3.63, 3.8) is 0 Å². The number of nitrogens with two attached hydrogens (primary N) is 1. The molecule has 5 heteroatoms. The Morgan fingerprint density at radius 3 is 2.47 bits per heavy atom. The molecule has 19 heavy (non-hydrogen) atoms. The maximum absolute atomic E-state index is 13.0. The van der Waals surface area contributed by atoms with E-state index in [1.807, 2.05) is 4.90 Å². The van der Waals surface area contributed by atoms with Crippen LogP contribution >= 0.6 is 0 Å². The molecule has 0 spiro atoms. The van der Waals surface area contributed by atoms with Gasteiger partial charge in [0.2, 0.25) is 0 Å². The van der Waals surface area contributed by atoms with Crippen LogP contribution in [0.5, 0.6) is 0 Å². The lowest BCUT2D eigenvalue weighted by molar-refractivity contribution is 0.215. The normalized spacial score (nSPS) is 14.7. The second kappa shape index (κ2) is 6.52. The van der Waals surface area contributed by atoms with Gasteiger partial charge in [0.15, 0.2) is 0 Å². The van der Waals surface area contributed by atoms with Crippen LogP contribution in [0.4, 0.5) is 14.9 Å². The summed E-state index contributed by atoms with van der Waals surface area (Å²) < 4.78 is 13.0. The second-order valence-electron chi connectivity index (χ2n) is 4.75. The predicted molar refractivity (Wildman–Crippen MR) is 73.6 cm³/mol. The highest BCUT2D eigenvalue weighted by atomic mass is 19.1. The fourth-order valence-electron chi connectivity index (χ4n) is 2.28. The van der Waals surface area contributed by atoms with Crippen LogP contribution in [-0.2, 0) is 0 Å². The van der Waals surface area contributed by atoms with Gasteiger partial charge in [-0.05, 0) is 50.1 Å². The Bertz CT molecular complexity index is 415. The second-order valence-corrected chi connectivity index (χ2v) is 4.75. The highest BCUT2D eigenvalue weighted by Gasteiger charge is 2.24. The minimum absolute atomic E-state index is 0.00226. The summed E-state index contributed by atoms with van der Waals surface area (Å²) in [5, 5.41) is 0. The average molecular weight is 265 g/mol. The monoisotopic (exact) mass is 265 g/mol. The van der Waals surface area contributed by atoms with E-state index in [1.54, 1.807) is 17.0 Å². The molecule has 0 aliphatic carbocycles. The molecular weight excluding hydrogens is 245 g/mol. The minimum Gasteiger partial charge on any atom is -0.330 e. The molecule has 1 saturated heterocycles. The van der Waals surface area contributed by atoms with Gasteiger partial charge in [-0.1, -0.05) is 0 Å². The molecule has 0 atom stereocenters. The van der Waals surface area contributed by atoms with Crippen molar-refractivity contribution in [2.75, 3.05) is 31.1 Å². The largest absolute Gasteiger partial charge is 0.330 e. The summed E-state index contributed by atoms with van der Waals surface area (Å²) in [6.07, 6.45) is 2.84. The summed E-state index contributed by atoms with van der Waals surface area (Å²) in [6.45, 7) is 2.71. The van der Waals surface area contributed by atoms with E-state index in [0.717, 1.165) is 38.0 Å². The molecule has 2 N–H and O–H groups in total. The molecule has 0 aromatic heterocycles. The summed E-state index contributed by atoms with van der Waals surface area (Å²) >= 11 is 0. The molecule has 0 unspecified atom stereocenters. The lowest BCUT2D eigenvalue weighted by Crippen LogP contribution is -2.42. The summed E-state index contributed by atoms with van der Waals surface area (Å²) in [5.74, 6) is -0.295. The number of rotatable bonds is 4. The van der Waals surface area contributed by atoms with Crippen LogP contribution in [0.15, 0.2) is 24.3 Å². The van der Waals surface area contributed by atoms with Crippen molar-refractivity contribution >= 4 is 11.7 Å². The third-order valence-corrected chi connectivity index (χ3v) is 3.33. The van der Waals surface area contributed by atoms with Crippen LogP contribution in [0.3, 0.4) is 0 Å². The lowest BCUT2D eigenvalue weighted by atomic mass is 10.2. The van der Waals surface area contributed by atoms with Crippen molar-refractivity contribution in [1.29, 1.82) is 0 Å². The third-order valence-electron chi connectivity index (χ3n) is 3.33. The fraction of sp³-hybridized carbons (Fsp3) is 0.500. The van der Waals surface area contributed by atoms with Crippen molar-refractivity contribution < 1.29 is 9.18 Å². The molecule has 1 heterocycles. The number of halogens is 1. The topological polar surface area (TPSA) is 49.6 Å². The highest BCUT2D eigenvalue weighted by molar-refractivity contribution is 5.92. The third kappa shape index (κ3) is 3.44. The molecule has 2 amide bonds. The predicted octanol–water partition coefficient (Wildman–Crippen LogP) is 2.20. The van der Waals surface area contributed by atoms with Crippen molar-refractivity contribution in [2.45, 2.75) is 19.3 Å². The summed E-state index contributed by atoms with van der Waals surface area (Å²) in [6, 6.07) is 6.03. The molecule has 1 aliphatic heterocycles. The number of hydrogen-bond donors (Lipinski definition) is 1. The van der Waals surface area contributed by atoms with Crippen LogP contribution in [0.1, 0.15) is 19.3 Å². The van der Waals surface area contributed by atoms with Gasteiger partial charge in [-0.2, -0.15) is 0 Å². The lowest BCUT2D eigenvalue weighted by Gasteiger charge is -2.28. The molecule has 1 aromatic carbocycles. The first-order valence-corrected chi connectivity index (χ1v) is 6.74. The summed E-state index contributed by atoms with van der Waals surface area (Å²) in [5.41, 5.74) is 6.25. The molecular formula is C14H20FN3O. The molecule has 2 rings (SSSR count). The number of carbonyl (C=O) groups excluding carboxylic acids is 1. The number of anilines is 1. The molecule has 1 fully saturated rings. The zero-order valence-electron chi connectivity index (χ0n) is 11.0. The van der Waals surface area contributed by atoms with E-state index in [4.69, 9.17) is 5.73 Å². The van der Waals surface area contributed by atoms with Crippen molar-refractivity contribution in [2.24, 2.45) is 5.73 Å². The zero-order valence-corrected chi connectivity index (χ0v) is 11.0. The molecule has 104 valence electrons. The smallest absolute Gasteiger partial charge is 0.324 e. The Kier molecular flexibility index (Phi) is 4.74. The Morgan fingerprint density at radius 2 is 1.89 bits per heavy atom. The molecule has 0 radical (unpaired) electrons. The van der Waals surface area contributed by atoms with Gasteiger partial charge in [-0.3, -0.25) is 4.90 Å². The van der Waals surface area contributed by atoms with Crippen LogP contribution < -0.4 is 10.6 Å². The van der Waals surface area contributed by atoms with E-state index >= 15 is 0 Å². The van der Waals surface area contributed by atoms with E-state index < -0.39 is 0 Å². The molecule has 0 bridgehead atoms. The molecule has 4 nitrogen and oxygen atoms in total. The van der Waals surface area contributed by atoms with Crippen LogP contribution in [0.2, 0.25) is 0 Å². The first kappa shape index (κ1) is 13.8. The SMILES string of the molecule is NCCCN(C(=O)N1CCCC1)c1ccc(F)cc1. The average Bonchev–Trinajstić information content (AvgIpc) is 2.95. The summed E-state index contributed by atoms with van der Waals surface area (Å²) in [4.78, 5) is 16.0. The van der Waals surface area contributed by atoms with Crippen LogP contribution in [0.25, 0.3) is 0 Å². The van der Waals surface area contributed by atoms with Crippen molar-refractivity contribution in [1.82, 2.24) is 4.90 Å². The Hall–Kier alpha value is -1.62. The van der Waals surface area contributed by atoms with Gasteiger partial charge >= 0.3 is 6.03 Å². The van der Waals surface area contributed by atoms with Gasteiger partial charge in [0, 0.05) is 25.3 Å². The highest BCUT2D eigenvalue weighted by Crippen LogP contribution is 2.19. The van der Waals surface area contributed by atoms with Gasteiger partial charge < -0.3 is 10.6 Å². The Labute approximate surface area is 113 Å². The standard InChI is InChI=1S/C14H20FN3O/c15-12-4-6-13(7-5-12)18(11-3-8-16)14(19)17-9-1-2-10-17/h4-7H,1-3,8-11,16H2. The van der Waals surface area contributed by atoms with Crippen LogP contribution in [0, 0.1) is 5.82 Å². The zero-order chi connectivity index (χ0) is 13.7. The molecule has 1 aliphatic rings. The van der Waals surface area contributed by atoms with E-state index in [1.165, 1.54) is 12.1 Å². The van der Waals surface area contributed by atoms with Gasteiger partial charge in [-0.25, -0.2) is 9.18 Å². The van der Waals surface area contributed by atoms with Crippen molar-refractivity contribution in [3.05, 3.63) is 30.1 Å². The first-order valence-electron chi connectivity index (χ1n) is 6.74. The first-order chi connectivity index (χ1) is 9.22. The number of urea groups is 1. The van der Waals surface area contributed by atoms with Gasteiger partial charge in [0.1, 0.15) is 5.82 Å². The van der Waals surface area contributed by atoms with Gasteiger partial charge in [-0.15, -0.1) is 0 Å². The minimum atomic E-state index is -0.295. The maximum Gasteiger partial charge on any atom is 0.324 e. The van der Waals surface area contributed by atoms with Gasteiger partial charge in [0.25, 0.3) is 0 Å². The fourth-order valence-corrected chi connectivity index (χ4v) is 2.28. The Morgan fingerprint density at radius 1 is 1.26 bits per heavy atom. The maximum atomic E-state index is 13.0. The van der Waals surface area contributed by atoms with Crippen LogP contribution in [-0.4, -0.2) is 37.1 Å². The quantitative estimate of drug-likeness (QED) is 0.907. The van der Waals surface area contributed by atoms with Crippen molar-refractivity contribution in [3.8, 4) is 0 Å². The van der Waals surface area contributed by atoms with E-state index in [-0.39, 0.29) is 11.8 Å². The number of amides is 2. The van der Waals surface area contributed by atoms with E-state index in [9.17, 15) is 9.18 Å². The Balaban J connectivity index is 2.14. The number of benzene rings is 1. The number of carbonyl (C=O) groups is 1. The number of nitrogens with zero attached hydrogens (tertiary/aromatic N) is 2. The number of likely N-dealkylation sites (tertiary alicyclic amines) is 1. The number of hydrogen-bond acceptors (Lipinski definition) is 2. The van der Waals surface area contributed by atoms with Gasteiger partial charge in [0.05, 0.1) is 0 Å².